The first-order valence-electron chi connectivity index (χ1n) is 5.21. The van der Waals surface area contributed by atoms with Gasteiger partial charge in [-0.3, -0.25) is 4.31 Å². The molecule has 0 fully saturated rings. The average Bonchev–Trinajstić information content (AvgIpc) is 2.39. The van der Waals surface area contributed by atoms with Crippen LogP contribution in [0.5, 0.6) is 5.75 Å². The summed E-state index contributed by atoms with van der Waals surface area (Å²) in [6, 6.07) is 10.8. The molecule has 0 saturated carbocycles. The Morgan fingerprint density at radius 3 is 2.39 bits per heavy atom. The van der Waals surface area contributed by atoms with E-state index in [1.54, 1.807) is 30.3 Å². The third-order valence-corrected chi connectivity index (χ3v) is 4.28. The number of pyridine rings is 1. The standard InChI is InChI=1S/C12H12N2O3S/c1-14(12-8-4-5-9-13-12)18(16,17)11-7-3-2-6-10(11)15/h2-9,15H,1H3. The van der Waals surface area contributed by atoms with E-state index in [9.17, 15) is 13.5 Å². The first-order chi connectivity index (χ1) is 8.53. The Morgan fingerprint density at radius 1 is 1.11 bits per heavy atom. The summed E-state index contributed by atoms with van der Waals surface area (Å²) in [5.41, 5.74) is 0. The van der Waals surface area contributed by atoms with Crippen molar-refractivity contribution in [1.29, 1.82) is 0 Å². The number of aromatic hydroxyl groups is 1. The number of phenols is 1. The number of phenolic OH excluding ortho intramolecular Hbond substituents is 1. The molecule has 1 aromatic carbocycles. The van der Waals surface area contributed by atoms with Gasteiger partial charge in [-0.05, 0) is 24.3 Å². The van der Waals surface area contributed by atoms with Crippen LogP contribution >= 0.6 is 0 Å². The van der Waals surface area contributed by atoms with Crippen LogP contribution in [0.15, 0.2) is 53.6 Å². The molecule has 18 heavy (non-hydrogen) atoms. The first-order valence-corrected chi connectivity index (χ1v) is 6.65. The summed E-state index contributed by atoms with van der Waals surface area (Å²) in [6.45, 7) is 0. The molecular weight excluding hydrogens is 252 g/mol. The highest BCUT2D eigenvalue weighted by atomic mass is 32.2. The lowest BCUT2D eigenvalue weighted by Crippen LogP contribution is -2.27. The van der Waals surface area contributed by atoms with E-state index >= 15 is 0 Å². The van der Waals surface area contributed by atoms with Crippen molar-refractivity contribution in [3.05, 3.63) is 48.7 Å². The summed E-state index contributed by atoms with van der Waals surface area (Å²) in [5.74, 6) is 0.0148. The number of sulfonamides is 1. The fraction of sp³-hybridized carbons (Fsp3) is 0.0833. The zero-order valence-corrected chi connectivity index (χ0v) is 10.5. The van der Waals surface area contributed by atoms with Gasteiger partial charge >= 0.3 is 0 Å². The number of anilines is 1. The van der Waals surface area contributed by atoms with E-state index in [1.807, 2.05) is 0 Å². The average molecular weight is 264 g/mol. The van der Waals surface area contributed by atoms with Crippen LogP contribution in [0.2, 0.25) is 0 Å². The fourth-order valence-corrected chi connectivity index (χ4v) is 2.72. The van der Waals surface area contributed by atoms with Gasteiger partial charge < -0.3 is 5.11 Å². The lowest BCUT2D eigenvalue weighted by Gasteiger charge is -2.18. The summed E-state index contributed by atoms with van der Waals surface area (Å²) in [4.78, 5) is 3.82. The Morgan fingerprint density at radius 2 is 1.78 bits per heavy atom. The Labute approximate surface area is 105 Å². The molecular formula is C12H12N2O3S. The number of hydrogen-bond donors (Lipinski definition) is 1. The van der Waals surface area contributed by atoms with E-state index < -0.39 is 10.0 Å². The number of aromatic nitrogens is 1. The maximum atomic E-state index is 12.3. The minimum absolute atomic E-state index is 0.141. The number of benzene rings is 1. The number of rotatable bonds is 3. The van der Waals surface area contributed by atoms with Gasteiger partial charge in [0.05, 0.1) is 0 Å². The molecule has 1 N–H and O–H groups in total. The molecule has 5 nitrogen and oxygen atoms in total. The van der Waals surface area contributed by atoms with Crippen molar-refractivity contribution in [2.45, 2.75) is 4.90 Å². The van der Waals surface area contributed by atoms with E-state index in [2.05, 4.69) is 4.98 Å². The van der Waals surface area contributed by atoms with Crippen molar-refractivity contribution in [3.63, 3.8) is 0 Å². The van der Waals surface area contributed by atoms with Crippen molar-refractivity contribution in [2.24, 2.45) is 0 Å². The maximum absolute atomic E-state index is 12.3. The molecule has 0 bridgehead atoms. The second kappa shape index (κ2) is 4.66. The maximum Gasteiger partial charge on any atom is 0.268 e. The molecule has 0 aliphatic heterocycles. The zero-order valence-electron chi connectivity index (χ0n) is 9.69. The molecule has 2 aromatic rings. The summed E-state index contributed by atoms with van der Waals surface area (Å²) in [5, 5.41) is 9.62. The second-order valence-corrected chi connectivity index (χ2v) is 5.57. The van der Waals surface area contributed by atoms with Crippen LogP contribution < -0.4 is 4.31 Å². The predicted molar refractivity (Wildman–Crippen MR) is 67.9 cm³/mol. The highest BCUT2D eigenvalue weighted by molar-refractivity contribution is 7.92. The zero-order chi connectivity index (χ0) is 13.2. The van der Waals surface area contributed by atoms with Crippen molar-refractivity contribution < 1.29 is 13.5 Å². The van der Waals surface area contributed by atoms with Gasteiger partial charge in [0.1, 0.15) is 16.5 Å². The predicted octanol–water partition coefficient (Wildman–Crippen LogP) is 1.61. The van der Waals surface area contributed by atoms with E-state index in [-0.39, 0.29) is 10.6 Å². The van der Waals surface area contributed by atoms with Gasteiger partial charge in [-0.25, -0.2) is 13.4 Å². The lowest BCUT2D eigenvalue weighted by atomic mass is 10.3. The van der Waals surface area contributed by atoms with E-state index in [0.717, 1.165) is 4.31 Å². The van der Waals surface area contributed by atoms with Crippen LogP contribution in [0, 0.1) is 0 Å². The summed E-state index contributed by atoms with van der Waals surface area (Å²) in [7, 11) is -2.41. The lowest BCUT2D eigenvalue weighted by molar-refractivity contribution is 0.458. The van der Waals surface area contributed by atoms with Gasteiger partial charge in [-0.1, -0.05) is 18.2 Å². The van der Waals surface area contributed by atoms with Gasteiger partial charge in [0, 0.05) is 13.2 Å². The minimum atomic E-state index is -3.80. The van der Waals surface area contributed by atoms with E-state index in [4.69, 9.17) is 0 Å². The summed E-state index contributed by atoms with van der Waals surface area (Å²) < 4.78 is 25.6. The molecule has 1 heterocycles. The van der Waals surface area contributed by atoms with Crippen LogP contribution in [-0.2, 0) is 10.0 Å². The first kappa shape index (κ1) is 12.4. The Hall–Kier alpha value is -2.08. The van der Waals surface area contributed by atoms with Crippen LogP contribution in [0.1, 0.15) is 0 Å². The molecule has 2 rings (SSSR count). The molecule has 0 atom stereocenters. The number of para-hydroxylation sites is 1. The summed E-state index contributed by atoms with van der Waals surface area (Å²) in [6.07, 6.45) is 1.51. The van der Waals surface area contributed by atoms with E-state index in [1.165, 1.54) is 25.4 Å². The second-order valence-electron chi connectivity index (χ2n) is 3.63. The van der Waals surface area contributed by atoms with E-state index in [0.29, 0.717) is 5.82 Å². The smallest absolute Gasteiger partial charge is 0.268 e. The molecule has 1 aromatic heterocycles. The summed E-state index contributed by atoms with van der Waals surface area (Å²) >= 11 is 0. The van der Waals surface area contributed by atoms with Crippen molar-refractivity contribution >= 4 is 15.8 Å². The van der Waals surface area contributed by atoms with Crippen molar-refractivity contribution in [3.8, 4) is 5.75 Å². The Balaban J connectivity index is 2.48. The molecule has 94 valence electrons. The monoisotopic (exact) mass is 264 g/mol. The van der Waals surface area contributed by atoms with Crippen molar-refractivity contribution in [1.82, 2.24) is 4.98 Å². The number of nitrogens with zero attached hydrogens (tertiary/aromatic N) is 2. The van der Waals surface area contributed by atoms with Crippen molar-refractivity contribution in [2.75, 3.05) is 11.4 Å². The van der Waals surface area contributed by atoms with Gasteiger partial charge in [0.25, 0.3) is 10.0 Å². The minimum Gasteiger partial charge on any atom is -0.507 e. The third-order valence-electron chi connectivity index (χ3n) is 2.48. The van der Waals surface area contributed by atoms with Crippen LogP contribution in [0.25, 0.3) is 0 Å². The quantitative estimate of drug-likeness (QED) is 0.914. The largest absolute Gasteiger partial charge is 0.507 e. The van der Waals surface area contributed by atoms with Gasteiger partial charge in [0.2, 0.25) is 0 Å². The molecule has 6 heteroatoms. The number of hydrogen-bond acceptors (Lipinski definition) is 4. The van der Waals surface area contributed by atoms with Crippen LogP contribution in [0.4, 0.5) is 5.82 Å². The fourth-order valence-electron chi connectivity index (χ4n) is 1.49. The SMILES string of the molecule is CN(c1ccccn1)S(=O)(=O)c1ccccc1O. The van der Waals surface area contributed by atoms with Crippen LogP contribution in [-0.4, -0.2) is 25.6 Å². The molecule has 0 amide bonds. The van der Waals surface area contributed by atoms with Gasteiger partial charge in [-0.2, -0.15) is 0 Å². The Kier molecular flexibility index (Phi) is 3.20. The highest BCUT2D eigenvalue weighted by Crippen LogP contribution is 2.26. The molecule has 0 aliphatic carbocycles. The molecule has 0 unspecified atom stereocenters. The molecule has 0 saturated heterocycles. The highest BCUT2D eigenvalue weighted by Gasteiger charge is 2.24. The topological polar surface area (TPSA) is 70.5 Å². The van der Waals surface area contributed by atoms with Gasteiger partial charge in [0.15, 0.2) is 0 Å². The molecule has 0 aliphatic rings. The molecule has 0 spiro atoms. The third kappa shape index (κ3) is 2.14. The van der Waals surface area contributed by atoms with Crippen LogP contribution in [0.3, 0.4) is 0 Å². The Bertz CT molecular complexity index is 641. The van der Waals surface area contributed by atoms with Gasteiger partial charge in [-0.15, -0.1) is 0 Å². The normalized spacial score (nSPS) is 11.2. The molecule has 0 radical (unpaired) electrons.